The summed E-state index contributed by atoms with van der Waals surface area (Å²) in [6, 6.07) is 16.3. The largest absolute Gasteiger partial charge is 0.497 e. The highest BCUT2D eigenvalue weighted by Crippen LogP contribution is 2.39. The lowest BCUT2D eigenvalue weighted by Gasteiger charge is -2.36. The van der Waals surface area contributed by atoms with Crippen molar-refractivity contribution in [2.45, 2.75) is 32.4 Å². The van der Waals surface area contributed by atoms with Gasteiger partial charge in [0.2, 0.25) is 0 Å². The number of hydrogen-bond donors (Lipinski definition) is 0. The topological polar surface area (TPSA) is 43.7 Å². The number of thiophene rings is 1. The van der Waals surface area contributed by atoms with Crippen molar-refractivity contribution in [2.24, 2.45) is 0 Å². The van der Waals surface area contributed by atoms with Crippen molar-refractivity contribution >= 4 is 28.1 Å². The third kappa shape index (κ3) is 3.89. The van der Waals surface area contributed by atoms with E-state index in [0.29, 0.717) is 13.0 Å². The minimum Gasteiger partial charge on any atom is -0.497 e. The normalized spacial score (nSPS) is 15.5. The zero-order valence-electron chi connectivity index (χ0n) is 19.2. The Kier molecular flexibility index (Phi) is 5.85. The number of ether oxygens (including phenoxy) is 2. The van der Waals surface area contributed by atoms with Crippen LogP contribution < -0.4 is 9.47 Å². The van der Waals surface area contributed by atoms with Gasteiger partial charge >= 0.3 is 0 Å². The summed E-state index contributed by atoms with van der Waals surface area (Å²) < 4.78 is 13.1. The number of carbonyl (C=O) groups excluding carboxylic acids is 1. The molecule has 1 unspecified atom stereocenters. The van der Waals surface area contributed by atoms with E-state index in [1.807, 2.05) is 36.5 Å². The Labute approximate surface area is 198 Å². The number of fused-ring (bicyclic) bond motifs is 2. The number of carbonyl (C=O) groups is 1. The lowest BCUT2D eigenvalue weighted by molar-refractivity contribution is 0.0666. The van der Waals surface area contributed by atoms with Gasteiger partial charge in [-0.2, -0.15) is 0 Å². The summed E-state index contributed by atoms with van der Waals surface area (Å²) >= 11 is 1.74. The van der Waals surface area contributed by atoms with Crippen molar-refractivity contribution < 1.29 is 14.3 Å². The van der Waals surface area contributed by atoms with Crippen molar-refractivity contribution in [1.82, 2.24) is 9.47 Å². The van der Waals surface area contributed by atoms with Gasteiger partial charge in [0.25, 0.3) is 5.91 Å². The molecule has 1 amide bonds. The van der Waals surface area contributed by atoms with Gasteiger partial charge in [0.15, 0.2) is 0 Å². The molecule has 2 aromatic heterocycles. The first-order chi connectivity index (χ1) is 16.1. The summed E-state index contributed by atoms with van der Waals surface area (Å²) in [5, 5.41) is 3.16. The second-order valence-electron chi connectivity index (χ2n) is 8.35. The van der Waals surface area contributed by atoms with E-state index in [-0.39, 0.29) is 11.9 Å². The first-order valence-corrected chi connectivity index (χ1v) is 12.2. The quantitative estimate of drug-likeness (QED) is 0.370. The zero-order valence-corrected chi connectivity index (χ0v) is 20.0. The molecule has 1 atom stereocenters. The molecule has 0 saturated heterocycles. The number of aryl methyl sites for hydroxylation is 1. The van der Waals surface area contributed by atoms with Crippen LogP contribution in [0, 0.1) is 0 Å². The van der Waals surface area contributed by atoms with Gasteiger partial charge < -0.3 is 18.9 Å². The molecule has 0 spiro atoms. The molecule has 1 aliphatic rings. The van der Waals surface area contributed by atoms with Gasteiger partial charge in [-0.25, -0.2) is 0 Å². The van der Waals surface area contributed by atoms with Gasteiger partial charge in [0.05, 0.1) is 25.8 Å². The Morgan fingerprint density at radius 3 is 2.58 bits per heavy atom. The minimum absolute atomic E-state index is 0.0261. The molecular formula is C27H28N2O3S. The average Bonchev–Trinajstić information content (AvgIpc) is 3.48. The Bertz CT molecular complexity index is 1280. The number of hydrogen-bond acceptors (Lipinski definition) is 4. The van der Waals surface area contributed by atoms with E-state index >= 15 is 0 Å². The Morgan fingerprint density at radius 1 is 1.09 bits per heavy atom. The van der Waals surface area contributed by atoms with Crippen LogP contribution in [0.3, 0.4) is 0 Å². The second kappa shape index (κ2) is 8.94. The highest BCUT2D eigenvalue weighted by atomic mass is 32.1. The predicted molar refractivity (Wildman–Crippen MR) is 133 cm³/mol. The number of amides is 1. The van der Waals surface area contributed by atoms with Crippen LogP contribution in [0.1, 0.15) is 39.3 Å². The molecule has 0 saturated carbocycles. The molecule has 0 aliphatic carbocycles. The predicted octanol–water partition coefficient (Wildman–Crippen LogP) is 5.72. The molecule has 6 heteroatoms. The number of para-hydroxylation sites is 1. The highest BCUT2D eigenvalue weighted by Gasteiger charge is 2.33. The van der Waals surface area contributed by atoms with E-state index < -0.39 is 0 Å². The van der Waals surface area contributed by atoms with E-state index in [1.54, 1.807) is 25.6 Å². The fraction of sp³-hybridized carbons (Fsp3) is 0.296. The van der Waals surface area contributed by atoms with Crippen LogP contribution in [0.25, 0.3) is 10.9 Å². The van der Waals surface area contributed by atoms with E-state index in [0.717, 1.165) is 46.5 Å². The number of methoxy groups -OCH3 is 2. The molecule has 5 rings (SSSR count). The van der Waals surface area contributed by atoms with Gasteiger partial charge in [0.1, 0.15) is 11.5 Å². The van der Waals surface area contributed by atoms with Crippen molar-refractivity contribution in [3.8, 4) is 11.5 Å². The maximum absolute atomic E-state index is 14.0. The third-order valence-corrected chi connectivity index (χ3v) is 7.60. The summed E-state index contributed by atoms with van der Waals surface area (Å²) in [5.41, 5.74) is 4.32. The monoisotopic (exact) mass is 460 g/mol. The van der Waals surface area contributed by atoms with Crippen LogP contribution >= 0.6 is 11.3 Å². The summed E-state index contributed by atoms with van der Waals surface area (Å²) in [4.78, 5) is 17.3. The lowest BCUT2D eigenvalue weighted by atomic mass is 9.94. The van der Waals surface area contributed by atoms with Gasteiger partial charge in [-0.05, 0) is 60.5 Å². The van der Waals surface area contributed by atoms with Gasteiger partial charge in [-0.15, -0.1) is 11.3 Å². The Balaban J connectivity index is 1.55. The minimum atomic E-state index is -0.0261. The number of benzene rings is 2. The van der Waals surface area contributed by atoms with E-state index in [9.17, 15) is 4.79 Å². The molecule has 1 aliphatic heterocycles. The lowest BCUT2D eigenvalue weighted by Crippen LogP contribution is -2.40. The maximum Gasteiger partial charge on any atom is 0.256 e. The fourth-order valence-electron chi connectivity index (χ4n) is 4.87. The summed E-state index contributed by atoms with van der Waals surface area (Å²) in [7, 11) is 3.33. The van der Waals surface area contributed by atoms with Gasteiger partial charge in [-0.1, -0.05) is 18.2 Å². The molecule has 3 heterocycles. The summed E-state index contributed by atoms with van der Waals surface area (Å²) in [5.74, 6) is 1.61. The number of aromatic nitrogens is 1. The average molecular weight is 461 g/mol. The third-order valence-electron chi connectivity index (χ3n) is 6.54. The summed E-state index contributed by atoms with van der Waals surface area (Å²) in [6.45, 7) is 3.65. The van der Waals surface area contributed by atoms with E-state index in [4.69, 9.17) is 9.47 Å². The van der Waals surface area contributed by atoms with Crippen molar-refractivity contribution in [3.05, 3.63) is 81.7 Å². The second-order valence-corrected chi connectivity index (χ2v) is 9.29. The van der Waals surface area contributed by atoms with Crippen molar-refractivity contribution in [2.75, 3.05) is 20.8 Å². The van der Waals surface area contributed by atoms with Crippen LogP contribution in [0.2, 0.25) is 0 Å². The Morgan fingerprint density at radius 2 is 1.85 bits per heavy atom. The number of rotatable bonds is 6. The summed E-state index contributed by atoms with van der Waals surface area (Å²) in [6.07, 6.45) is 3.61. The van der Waals surface area contributed by atoms with Crippen LogP contribution in [-0.2, 0) is 19.4 Å². The molecule has 0 fully saturated rings. The SMILES string of the molecule is CCn1cc(C(=O)N2CCc3ccsc3C2Cc2cc(OC)cc(OC)c2)c2ccccc21. The maximum atomic E-state index is 14.0. The first-order valence-electron chi connectivity index (χ1n) is 11.3. The molecule has 170 valence electrons. The van der Waals surface area contributed by atoms with E-state index in [1.165, 1.54) is 10.4 Å². The smallest absolute Gasteiger partial charge is 0.256 e. The van der Waals surface area contributed by atoms with Crippen LogP contribution in [0.5, 0.6) is 11.5 Å². The standard InChI is InChI=1S/C27H28N2O3S/c1-4-28-17-23(22-7-5-6-8-24(22)28)27(30)29-11-9-19-10-12-33-26(19)25(29)15-18-13-20(31-2)16-21(14-18)32-3/h5-8,10,12-14,16-17,25H,4,9,11,15H2,1-3H3. The van der Waals surface area contributed by atoms with Crippen molar-refractivity contribution in [1.29, 1.82) is 0 Å². The first kappa shape index (κ1) is 21.6. The van der Waals surface area contributed by atoms with Crippen LogP contribution in [0.15, 0.2) is 60.1 Å². The molecule has 0 bridgehead atoms. The van der Waals surface area contributed by atoms with Crippen LogP contribution in [-0.4, -0.2) is 36.1 Å². The molecule has 2 aromatic carbocycles. The zero-order chi connectivity index (χ0) is 22.9. The molecule has 5 nitrogen and oxygen atoms in total. The molecule has 0 radical (unpaired) electrons. The van der Waals surface area contributed by atoms with Crippen molar-refractivity contribution in [3.63, 3.8) is 0 Å². The van der Waals surface area contributed by atoms with Gasteiger partial charge in [0, 0.05) is 41.1 Å². The molecule has 0 N–H and O–H groups in total. The Hall–Kier alpha value is -3.25. The van der Waals surface area contributed by atoms with E-state index in [2.05, 4.69) is 40.0 Å². The molecule has 4 aromatic rings. The van der Waals surface area contributed by atoms with Gasteiger partial charge in [-0.3, -0.25) is 4.79 Å². The highest BCUT2D eigenvalue weighted by molar-refractivity contribution is 7.10. The molecule has 33 heavy (non-hydrogen) atoms. The van der Waals surface area contributed by atoms with Crippen LogP contribution in [0.4, 0.5) is 0 Å². The number of nitrogens with zero attached hydrogens (tertiary/aromatic N) is 2. The fourth-order valence-corrected chi connectivity index (χ4v) is 5.94. The molecular weight excluding hydrogens is 432 g/mol.